The molecule has 3 aliphatic carbocycles. The number of ether oxygens (including phenoxy) is 4. The highest BCUT2D eigenvalue weighted by Crippen LogP contribution is 2.74. The summed E-state index contributed by atoms with van der Waals surface area (Å²) in [5, 5.41) is 23.0. The van der Waals surface area contributed by atoms with E-state index in [1.54, 1.807) is 0 Å². The average molecular weight is 509 g/mol. The number of carbonyl (C=O) groups is 4. The minimum Gasteiger partial charge on any atom is -0.511 e. The summed E-state index contributed by atoms with van der Waals surface area (Å²) in [7, 11) is 4.51. The predicted molar refractivity (Wildman–Crippen MR) is 125 cm³/mol. The van der Waals surface area contributed by atoms with E-state index in [1.165, 1.54) is 0 Å². The van der Waals surface area contributed by atoms with E-state index in [4.69, 9.17) is 18.9 Å². The van der Waals surface area contributed by atoms with E-state index < -0.39 is 58.1 Å². The highest BCUT2D eigenvalue weighted by Gasteiger charge is 2.79. The Morgan fingerprint density at radius 3 is 1.17 bits per heavy atom. The molecule has 3 rings (SSSR count). The summed E-state index contributed by atoms with van der Waals surface area (Å²) in [4.78, 5) is 53.2. The van der Waals surface area contributed by atoms with Crippen molar-refractivity contribution in [3.05, 3.63) is 22.7 Å². The highest BCUT2D eigenvalue weighted by atomic mass is 16.5. The van der Waals surface area contributed by atoms with Crippen molar-refractivity contribution in [3.63, 3.8) is 0 Å². The van der Waals surface area contributed by atoms with Crippen LogP contribution >= 0.6 is 0 Å². The summed E-state index contributed by atoms with van der Waals surface area (Å²) in [5.74, 6) is -8.02. The third-order valence-corrected chi connectivity index (χ3v) is 8.28. The van der Waals surface area contributed by atoms with Crippen LogP contribution in [0.2, 0.25) is 0 Å². The van der Waals surface area contributed by atoms with Crippen LogP contribution in [0.5, 0.6) is 0 Å². The first-order chi connectivity index (χ1) is 17.2. The molecule has 0 saturated heterocycles. The molecule has 10 nitrogen and oxygen atoms in total. The highest BCUT2D eigenvalue weighted by molar-refractivity contribution is 6.03. The van der Waals surface area contributed by atoms with E-state index in [-0.39, 0.29) is 24.0 Å². The van der Waals surface area contributed by atoms with Gasteiger partial charge in [0.05, 0.1) is 39.6 Å². The number of aliphatic hydroxyl groups excluding tert-OH is 2. The third-order valence-electron chi connectivity index (χ3n) is 8.28. The molecular weight excluding hydrogens is 472 g/mol. The van der Waals surface area contributed by atoms with Gasteiger partial charge in [-0.25, -0.2) is 9.59 Å². The summed E-state index contributed by atoms with van der Waals surface area (Å²) in [6.45, 7) is 0. The van der Waals surface area contributed by atoms with E-state index in [2.05, 4.69) is 0 Å². The van der Waals surface area contributed by atoms with Crippen LogP contribution in [0.15, 0.2) is 22.7 Å². The first kappa shape index (κ1) is 27.5. The molecule has 0 spiro atoms. The van der Waals surface area contributed by atoms with Gasteiger partial charge in [-0.15, -0.1) is 0 Å². The Kier molecular flexibility index (Phi) is 8.36. The van der Waals surface area contributed by atoms with Crippen molar-refractivity contribution in [2.45, 2.75) is 64.2 Å². The molecule has 0 heterocycles. The number of hydrogen-bond donors (Lipinski definition) is 2. The number of aliphatic hydroxyl groups is 2. The molecule has 2 N–H and O–H groups in total. The molecule has 36 heavy (non-hydrogen) atoms. The Morgan fingerprint density at radius 1 is 0.583 bits per heavy atom. The Bertz CT molecular complexity index is 901. The molecule has 0 bridgehead atoms. The van der Waals surface area contributed by atoms with E-state index in [1.807, 2.05) is 0 Å². The summed E-state index contributed by atoms with van der Waals surface area (Å²) in [5.41, 5.74) is -4.00. The Balaban J connectivity index is 2.48. The van der Waals surface area contributed by atoms with Gasteiger partial charge < -0.3 is 29.2 Å². The van der Waals surface area contributed by atoms with E-state index in [0.29, 0.717) is 12.8 Å². The van der Waals surface area contributed by atoms with E-state index >= 15 is 0 Å². The van der Waals surface area contributed by atoms with Gasteiger partial charge in [0.1, 0.15) is 23.4 Å². The normalized spacial score (nSPS) is 30.9. The molecule has 0 aromatic rings. The summed E-state index contributed by atoms with van der Waals surface area (Å²) in [6.07, 6.45) is 6.61. The summed E-state index contributed by atoms with van der Waals surface area (Å²) >= 11 is 0. The van der Waals surface area contributed by atoms with Crippen LogP contribution in [-0.2, 0) is 38.1 Å². The van der Waals surface area contributed by atoms with Crippen LogP contribution in [-0.4, -0.2) is 62.5 Å². The number of methoxy groups -OCH3 is 4. The lowest BCUT2D eigenvalue weighted by Crippen LogP contribution is -2.51. The molecule has 0 aliphatic heterocycles. The lowest BCUT2D eigenvalue weighted by molar-refractivity contribution is -0.159. The van der Waals surface area contributed by atoms with E-state index in [0.717, 1.165) is 67.0 Å². The topological polar surface area (TPSA) is 146 Å². The van der Waals surface area contributed by atoms with Crippen molar-refractivity contribution < 1.29 is 48.3 Å². The second-order valence-electron chi connectivity index (χ2n) is 9.69. The SMILES string of the molecule is COC(=O)C1=C(O)[C@H](C(=O)OC)[C@]23CCCCCCCCCC[C@@]12[C@H](C(=O)OC)C(O)=C3C(=O)OC. The lowest BCUT2D eigenvalue weighted by Gasteiger charge is -2.47. The van der Waals surface area contributed by atoms with Gasteiger partial charge in [0.15, 0.2) is 0 Å². The molecule has 0 amide bonds. The maximum atomic E-state index is 13.3. The van der Waals surface area contributed by atoms with Crippen molar-refractivity contribution in [1.82, 2.24) is 0 Å². The maximum absolute atomic E-state index is 13.3. The fourth-order valence-corrected chi connectivity index (χ4v) is 6.95. The van der Waals surface area contributed by atoms with Crippen LogP contribution in [0, 0.1) is 22.7 Å². The Hall–Kier alpha value is -3.04. The standard InChI is InChI=1S/C26H36O10/c1-33-21(29)15-19(27)16(22(30)34-2)26-14-12-10-8-6-5-7-9-11-13-25(15,26)17(23(31)35-3)20(28)18(26)24(32)36-4/h15,18,27-28H,5-14H2,1-4H3/t15-,18+,25+,26+. The van der Waals surface area contributed by atoms with Crippen LogP contribution in [0.3, 0.4) is 0 Å². The van der Waals surface area contributed by atoms with Crippen LogP contribution in [0.1, 0.15) is 64.2 Å². The van der Waals surface area contributed by atoms with Crippen LogP contribution in [0.25, 0.3) is 0 Å². The molecule has 10 heteroatoms. The second-order valence-corrected chi connectivity index (χ2v) is 9.69. The molecule has 0 unspecified atom stereocenters. The van der Waals surface area contributed by atoms with Crippen LogP contribution < -0.4 is 0 Å². The van der Waals surface area contributed by atoms with Crippen LogP contribution in [0.4, 0.5) is 0 Å². The van der Waals surface area contributed by atoms with Gasteiger partial charge in [-0.2, -0.15) is 0 Å². The fraction of sp³-hybridized carbons (Fsp3) is 0.692. The zero-order valence-corrected chi connectivity index (χ0v) is 21.4. The number of rotatable bonds is 4. The average Bonchev–Trinajstić information content (AvgIpc) is 3.20. The molecule has 0 aromatic heterocycles. The van der Waals surface area contributed by atoms with Gasteiger partial charge in [-0.3, -0.25) is 9.59 Å². The molecule has 1 fully saturated rings. The largest absolute Gasteiger partial charge is 0.511 e. The summed E-state index contributed by atoms with van der Waals surface area (Å²) < 4.78 is 20.2. The molecule has 4 atom stereocenters. The Morgan fingerprint density at radius 2 is 0.889 bits per heavy atom. The monoisotopic (exact) mass is 508 g/mol. The predicted octanol–water partition coefficient (Wildman–Crippen LogP) is 3.45. The zero-order chi connectivity index (χ0) is 26.7. The van der Waals surface area contributed by atoms with Gasteiger partial charge in [-0.05, 0) is 12.8 Å². The number of carbonyl (C=O) groups excluding carboxylic acids is 4. The van der Waals surface area contributed by atoms with Crippen molar-refractivity contribution in [3.8, 4) is 0 Å². The maximum Gasteiger partial charge on any atom is 0.337 e. The van der Waals surface area contributed by atoms with E-state index in [9.17, 15) is 29.4 Å². The molecule has 1 saturated carbocycles. The minimum absolute atomic E-state index is 0.110. The van der Waals surface area contributed by atoms with Crippen molar-refractivity contribution in [1.29, 1.82) is 0 Å². The third kappa shape index (κ3) is 3.85. The molecule has 0 aromatic carbocycles. The van der Waals surface area contributed by atoms with Crippen molar-refractivity contribution >= 4 is 23.9 Å². The smallest absolute Gasteiger partial charge is 0.337 e. The second kappa shape index (κ2) is 10.9. The van der Waals surface area contributed by atoms with Gasteiger partial charge >= 0.3 is 23.9 Å². The molecule has 200 valence electrons. The van der Waals surface area contributed by atoms with Gasteiger partial charge in [0, 0.05) is 10.8 Å². The zero-order valence-electron chi connectivity index (χ0n) is 21.4. The molecule has 3 aliphatic rings. The van der Waals surface area contributed by atoms with Gasteiger partial charge in [0.2, 0.25) is 0 Å². The number of esters is 4. The first-order valence-corrected chi connectivity index (χ1v) is 12.4. The minimum atomic E-state index is -1.69. The van der Waals surface area contributed by atoms with Gasteiger partial charge in [0.25, 0.3) is 0 Å². The first-order valence-electron chi connectivity index (χ1n) is 12.4. The van der Waals surface area contributed by atoms with Crippen molar-refractivity contribution in [2.24, 2.45) is 22.7 Å². The fourth-order valence-electron chi connectivity index (χ4n) is 6.95. The molecule has 0 radical (unpaired) electrons. The lowest BCUT2D eigenvalue weighted by atomic mass is 9.52. The van der Waals surface area contributed by atoms with Gasteiger partial charge in [-0.1, -0.05) is 51.4 Å². The number of hydrogen-bond acceptors (Lipinski definition) is 10. The summed E-state index contributed by atoms with van der Waals surface area (Å²) in [6, 6.07) is 0. The molecular formula is C26H36O10. The van der Waals surface area contributed by atoms with Crippen molar-refractivity contribution in [2.75, 3.05) is 28.4 Å². The Labute approximate surface area is 210 Å². The quantitative estimate of drug-likeness (QED) is 0.428.